The third-order valence-electron chi connectivity index (χ3n) is 7.59. The normalized spacial score (nSPS) is 46.2. The van der Waals surface area contributed by atoms with Crippen molar-refractivity contribution in [2.45, 2.75) is 65.7 Å². The van der Waals surface area contributed by atoms with E-state index < -0.39 is 0 Å². The number of allylic oxidation sites excluding steroid dienone is 3. The Morgan fingerprint density at radius 3 is 2.70 bits per heavy atom. The minimum absolute atomic E-state index is 0.00276. The Morgan fingerprint density at radius 1 is 1.30 bits per heavy atom. The van der Waals surface area contributed by atoms with Gasteiger partial charge in [0, 0.05) is 0 Å². The molecule has 0 aliphatic heterocycles. The summed E-state index contributed by atoms with van der Waals surface area (Å²) in [6.07, 6.45) is 12.6. The molecule has 0 heterocycles. The number of ether oxygens (including phenoxy) is 1. The molecule has 2 saturated carbocycles. The van der Waals surface area contributed by atoms with E-state index in [0.29, 0.717) is 11.8 Å². The Labute approximate surface area is 141 Å². The average molecular weight is 316 g/mol. The molecule has 3 rings (SSSR count). The molecule has 0 saturated heterocycles. The van der Waals surface area contributed by atoms with Crippen molar-refractivity contribution in [2.75, 3.05) is 7.11 Å². The molecular weight excluding hydrogens is 284 g/mol. The van der Waals surface area contributed by atoms with Crippen molar-refractivity contribution in [3.8, 4) is 0 Å². The van der Waals surface area contributed by atoms with Gasteiger partial charge < -0.3 is 4.74 Å². The maximum absolute atomic E-state index is 12.5. The summed E-state index contributed by atoms with van der Waals surface area (Å²) in [4.78, 5) is 12.5. The van der Waals surface area contributed by atoms with Gasteiger partial charge in [0.25, 0.3) is 0 Å². The van der Waals surface area contributed by atoms with Crippen molar-refractivity contribution in [2.24, 2.45) is 28.1 Å². The van der Waals surface area contributed by atoms with E-state index in [0.717, 1.165) is 25.7 Å². The zero-order valence-corrected chi connectivity index (χ0v) is 15.3. The van der Waals surface area contributed by atoms with Crippen molar-refractivity contribution >= 4 is 5.97 Å². The van der Waals surface area contributed by atoms with Crippen LogP contribution >= 0.6 is 0 Å². The first-order chi connectivity index (χ1) is 10.8. The van der Waals surface area contributed by atoms with E-state index in [2.05, 4.69) is 39.5 Å². The van der Waals surface area contributed by atoms with Crippen LogP contribution in [0.4, 0.5) is 0 Å². The molecule has 128 valence electrons. The molecule has 0 radical (unpaired) electrons. The number of hydrogen-bond acceptors (Lipinski definition) is 2. The van der Waals surface area contributed by atoms with Crippen LogP contribution in [0.3, 0.4) is 0 Å². The molecular formula is C21H32O2. The van der Waals surface area contributed by atoms with Gasteiger partial charge in [-0.2, -0.15) is 0 Å². The van der Waals surface area contributed by atoms with Gasteiger partial charge >= 0.3 is 5.97 Å². The fourth-order valence-corrected chi connectivity index (χ4v) is 6.09. The van der Waals surface area contributed by atoms with Gasteiger partial charge in [0.2, 0.25) is 0 Å². The summed E-state index contributed by atoms with van der Waals surface area (Å²) in [7, 11) is 1.54. The molecule has 2 nitrogen and oxygen atoms in total. The fraction of sp³-hybridized carbons (Fsp3) is 0.762. The minimum Gasteiger partial charge on any atom is -0.469 e. The summed E-state index contributed by atoms with van der Waals surface area (Å²) < 4.78 is 5.20. The number of esters is 1. The van der Waals surface area contributed by atoms with E-state index in [1.807, 2.05) is 0 Å². The van der Waals surface area contributed by atoms with E-state index in [1.54, 1.807) is 12.7 Å². The van der Waals surface area contributed by atoms with E-state index in [4.69, 9.17) is 4.74 Å². The Hall–Kier alpha value is -1.05. The van der Waals surface area contributed by atoms with Crippen molar-refractivity contribution in [3.63, 3.8) is 0 Å². The molecule has 3 aliphatic rings. The summed E-state index contributed by atoms with van der Waals surface area (Å²) in [6.45, 7) is 11.0. The number of rotatable bonds is 2. The van der Waals surface area contributed by atoms with Gasteiger partial charge in [0.1, 0.15) is 0 Å². The highest BCUT2D eigenvalue weighted by atomic mass is 16.5. The van der Waals surface area contributed by atoms with Gasteiger partial charge in [-0.05, 0) is 68.1 Å². The molecule has 0 spiro atoms. The summed E-state index contributed by atoms with van der Waals surface area (Å²) in [6, 6.07) is 0. The minimum atomic E-state index is -0.317. The monoisotopic (exact) mass is 316 g/mol. The Morgan fingerprint density at radius 2 is 2.04 bits per heavy atom. The van der Waals surface area contributed by atoms with E-state index >= 15 is 0 Å². The van der Waals surface area contributed by atoms with Gasteiger partial charge in [-0.3, -0.25) is 4.79 Å². The van der Waals surface area contributed by atoms with Crippen LogP contribution in [0, 0.1) is 28.1 Å². The molecule has 2 fully saturated rings. The van der Waals surface area contributed by atoms with Gasteiger partial charge in [-0.1, -0.05) is 38.0 Å². The molecule has 3 aliphatic carbocycles. The van der Waals surface area contributed by atoms with Crippen molar-refractivity contribution in [1.82, 2.24) is 0 Å². The topological polar surface area (TPSA) is 26.3 Å². The molecule has 0 aromatic heterocycles. The van der Waals surface area contributed by atoms with Crippen LogP contribution in [0.25, 0.3) is 0 Å². The first-order valence-corrected chi connectivity index (χ1v) is 9.20. The van der Waals surface area contributed by atoms with E-state index in [1.165, 1.54) is 19.3 Å². The number of fused-ring (bicyclic) bond motifs is 3. The highest BCUT2D eigenvalue weighted by molar-refractivity contribution is 5.77. The van der Waals surface area contributed by atoms with Crippen LogP contribution < -0.4 is 0 Å². The Kier molecular flexibility index (Phi) is 4.01. The van der Waals surface area contributed by atoms with Crippen LogP contribution in [0.5, 0.6) is 0 Å². The molecule has 0 N–H and O–H groups in total. The summed E-state index contributed by atoms with van der Waals surface area (Å²) in [5, 5.41) is 0. The number of hydrogen-bond donors (Lipinski definition) is 0. The van der Waals surface area contributed by atoms with Gasteiger partial charge in [-0.15, -0.1) is 6.58 Å². The van der Waals surface area contributed by atoms with Crippen molar-refractivity contribution < 1.29 is 9.53 Å². The van der Waals surface area contributed by atoms with E-state index in [9.17, 15) is 4.79 Å². The first kappa shape index (κ1) is 16.8. The summed E-state index contributed by atoms with van der Waals surface area (Å²) in [5.41, 5.74) is 1.81. The number of methoxy groups -OCH3 is 1. The summed E-state index contributed by atoms with van der Waals surface area (Å²) >= 11 is 0. The summed E-state index contributed by atoms with van der Waals surface area (Å²) in [5.74, 6) is 1.05. The van der Waals surface area contributed by atoms with Crippen LogP contribution in [-0.2, 0) is 9.53 Å². The first-order valence-electron chi connectivity index (χ1n) is 9.20. The van der Waals surface area contributed by atoms with Crippen molar-refractivity contribution in [3.05, 3.63) is 24.3 Å². The zero-order valence-electron chi connectivity index (χ0n) is 15.3. The molecule has 0 unspecified atom stereocenters. The molecule has 23 heavy (non-hydrogen) atoms. The largest absolute Gasteiger partial charge is 0.469 e. The highest BCUT2D eigenvalue weighted by Gasteiger charge is 2.58. The maximum Gasteiger partial charge on any atom is 0.311 e. The Bertz CT molecular complexity index is 548. The number of carbonyl (C=O) groups excluding carboxylic acids is 1. The lowest BCUT2D eigenvalue weighted by Crippen LogP contribution is -2.54. The lowest BCUT2D eigenvalue weighted by atomic mass is 9.45. The predicted octanol–water partition coefficient (Wildman–Crippen LogP) is 5.29. The second-order valence-electron chi connectivity index (χ2n) is 8.96. The molecule has 2 heteroatoms. The van der Waals surface area contributed by atoms with Crippen LogP contribution in [0.2, 0.25) is 0 Å². The second-order valence-corrected chi connectivity index (χ2v) is 8.96. The number of carbonyl (C=O) groups is 1. The quantitative estimate of drug-likeness (QED) is 0.511. The third-order valence-corrected chi connectivity index (χ3v) is 7.59. The molecule has 0 amide bonds. The zero-order chi connectivity index (χ0) is 16.9. The standard InChI is InChI=1S/C21H32O2/c1-6-19(2)13-10-16-15(14-19)8-9-17-20(16,3)11-7-12-21(17,4)18(22)23-5/h6,8,16-17H,1,7,9-14H2,2-5H3/t16-,17-,19-,20+,21+/m0/s1. The fourth-order valence-electron chi connectivity index (χ4n) is 6.09. The smallest absolute Gasteiger partial charge is 0.311 e. The van der Waals surface area contributed by atoms with E-state index in [-0.39, 0.29) is 22.2 Å². The maximum atomic E-state index is 12.5. The second kappa shape index (κ2) is 5.50. The van der Waals surface area contributed by atoms with Crippen LogP contribution in [0.1, 0.15) is 65.7 Å². The van der Waals surface area contributed by atoms with Gasteiger partial charge in [0.15, 0.2) is 0 Å². The molecule has 0 aromatic rings. The SMILES string of the molecule is C=C[C@@]1(C)CC[C@H]2C(=CC[C@H]3[C@]2(C)CCC[C@@]3(C)C(=O)OC)C1. The average Bonchev–Trinajstić information content (AvgIpc) is 2.53. The van der Waals surface area contributed by atoms with Crippen molar-refractivity contribution in [1.29, 1.82) is 0 Å². The lowest BCUT2D eigenvalue weighted by Gasteiger charge is -2.58. The molecule has 0 bridgehead atoms. The Balaban J connectivity index is 1.97. The molecule has 0 aromatic carbocycles. The van der Waals surface area contributed by atoms with Crippen LogP contribution in [-0.4, -0.2) is 13.1 Å². The highest BCUT2D eigenvalue weighted by Crippen LogP contribution is 2.63. The molecule has 5 atom stereocenters. The lowest BCUT2D eigenvalue weighted by molar-refractivity contribution is -0.166. The predicted molar refractivity (Wildman–Crippen MR) is 93.9 cm³/mol. The van der Waals surface area contributed by atoms with Crippen LogP contribution in [0.15, 0.2) is 24.3 Å². The van der Waals surface area contributed by atoms with Gasteiger partial charge in [-0.25, -0.2) is 0 Å². The van der Waals surface area contributed by atoms with Gasteiger partial charge in [0.05, 0.1) is 12.5 Å². The third kappa shape index (κ3) is 2.40.